The highest BCUT2D eigenvalue weighted by Gasteiger charge is 2.21. The molecule has 5 aromatic carbocycles. The lowest BCUT2D eigenvalue weighted by Gasteiger charge is -2.27. The first-order chi connectivity index (χ1) is 21.7. The maximum absolute atomic E-state index is 13.0. The number of aryl methyl sites for hydroxylation is 4. The molecular weight excluding hydrogens is 556 g/mol. The van der Waals surface area contributed by atoms with Crippen molar-refractivity contribution in [3.63, 3.8) is 0 Å². The first kappa shape index (κ1) is 32.6. The lowest BCUT2D eigenvalue weighted by molar-refractivity contribution is 0.255. The zero-order valence-corrected chi connectivity index (χ0v) is 26.9. The van der Waals surface area contributed by atoms with Gasteiger partial charge in [0.1, 0.15) is 0 Å². The highest BCUT2D eigenvalue weighted by atomic mass is 16.2. The van der Waals surface area contributed by atoms with Crippen molar-refractivity contribution in [2.24, 2.45) is 0 Å². The summed E-state index contributed by atoms with van der Waals surface area (Å²) in [5, 5.41) is 6.11. The molecule has 0 saturated heterocycles. The average molecular weight is 599 g/mol. The van der Waals surface area contributed by atoms with E-state index in [1.165, 1.54) is 0 Å². The van der Waals surface area contributed by atoms with Crippen LogP contribution in [0.25, 0.3) is 0 Å². The van der Waals surface area contributed by atoms with Gasteiger partial charge in [0.2, 0.25) is 0 Å². The average Bonchev–Trinajstić information content (AvgIpc) is 3.03. The van der Waals surface area contributed by atoms with Crippen LogP contribution in [-0.4, -0.2) is 18.1 Å². The monoisotopic (exact) mass is 598 g/mol. The predicted octanol–water partition coefficient (Wildman–Crippen LogP) is 10.4. The molecule has 230 valence electrons. The van der Waals surface area contributed by atoms with Crippen molar-refractivity contribution in [3.8, 4) is 0 Å². The standard InChI is InChI=1S/C21H20N2O.C18H22N2O/c1-16-10-9-11-17(2)20(16)22-21(24)23(18-12-5-3-6-13-18)19-14-7-4-8-15-19;1-13(2)20(16-11-6-5-7-12-16)18(21)19-17-14(3)9-8-10-15(17)4/h3-15H,1-2H3,(H,22,24);5-13H,1-4H3,(H,19,21). The Labute approximate surface area is 267 Å². The molecule has 0 atom stereocenters. The van der Waals surface area contributed by atoms with Gasteiger partial charge in [-0.1, -0.05) is 91.0 Å². The molecule has 0 saturated carbocycles. The van der Waals surface area contributed by atoms with Gasteiger partial charge in [-0.3, -0.25) is 9.80 Å². The molecule has 0 aliphatic heterocycles. The van der Waals surface area contributed by atoms with E-state index < -0.39 is 0 Å². The maximum Gasteiger partial charge on any atom is 0.330 e. The third kappa shape index (κ3) is 8.39. The fourth-order valence-corrected chi connectivity index (χ4v) is 5.13. The quantitative estimate of drug-likeness (QED) is 0.204. The van der Waals surface area contributed by atoms with Gasteiger partial charge in [-0.05, 0) is 100 Å². The zero-order valence-electron chi connectivity index (χ0n) is 26.9. The van der Waals surface area contributed by atoms with Crippen LogP contribution in [0.5, 0.6) is 0 Å². The van der Waals surface area contributed by atoms with Gasteiger partial charge in [0, 0.05) is 23.1 Å². The Hall–Kier alpha value is -5.36. The van der Waals surface area contributed by atoms with Crippen LogP contribution >= 0.6 is 0 Å². The first-order valence-electron chi connectivity index (χ1n) is 15.2. The summed E-state index contributed by atoms with van der Waals surface area (Å²) >= 11 is 0. The number of hydrogen-bond donors (Lipinski definition) is 2. The van der Waals surface area contributed by atoms with E-state index in [-0.39, 0.29) is 18.1 Å². The van der Waals surface area contributed by atoms with Gasteiger partial charge in [0.15, 0.2) is 0 Å². The first-order valence-corrected chi connectivity index (χ1v) is 15.2. The van der Waals surface area contributed by atoms with Gasteiger partial charge in [-0.15, -0.1) is 0 Å². The number of nitrogens with one attached hydrogen (secondary N) is 2. The van der Waals surface area contributed by atoms with Crippen LogP contribution in [0.2, 0.25) is 0 Å². The van der Waals surface area contributed by atoms with E-state index in [0.29, 0.717) is 0 Å². The van der Waals surface area contributed by atoms with Crippen LogP contribution < -0.4 is 20.4 Å². The molecule has 0 heterocycles. The summed E-state index contributed by atoms with van der Waals surface area (Å²) in [4.78, 5) is 29.2. The molecule has 0 fully saturated rings. The van der Waals surface area contributed by atoms with Crippen LogP contribution in [0.1, 0.15) is 36.1 Å². The Morgan fingerprint density at radius 3 is 1.16 bits per heavy atom. The molecule has 0 radical (unpaired) electrons. The number of urea groups is 2. The van der Waals surface area contributed by atoms with Crippen LogP contribution in [0.15, 0.2) is 127 Å². The summed E-state index contributed by atoms with van der Waals surface area (Å²) in [6.07, 6.45) is 0. The summed E-state index contributed by atoms with van der Waals surface area (Å²) in [7, 11) is 0. The normalized spacial score (nSPS) is 10.4. The van der Waals surface area contributed by atoms with Gasteiger partial charge in [0.05, 0.1) is 11.4 Å². The van der Waals surface area contributed by atoms with Crippen LogP contribution in [0.4, 0.5) is 38.0 Å². The molecule has 0 aromatic heterocycles. The summed E-state index contributed by atoms with van der Waals surface area (Å²) in [6.45, 7) is 12.0. The van der Waals surface area contributed by atoms with Gasteiger partial charge in [-0.25, -0.2) is 9.59 Å². The third-order valence-electron chi connectivity index (χ3n) is 7.43. The molecule has 0 bridgehead atoms. The molecule has 2 N–H and O–H groups in total. The Morgan fingerprint density at radius 2 is 0.800 bits per heavy atom. The summed E-state index contributed by atoms with van der Waals surface area (Å²) in [6, 6.07) is 40.8. The molecule has 0 spiro atoms. The minimum absolute atomic E-state index is 0.0803. The highest BCUT2D eigenvalue weighted by Crippen LogP contribution is 2.28. The van der Waals surface area contributed by atoms with E-state index in [2.05, 4.69) is 10.6 Å². The van der Waals surface area contributed by atoms with Gasteiger partial charge in [-0.2, -0.15) is 0 Å². The SMILES string of the molecule is Cc1cccc(C)c1NC(=O)N(c1ccccc1)C(C)C.Cc1cccc(C)c1NC(=O)N(c1ccccc1)c1ccccc1. The fraction of sp³-hybridized carbons (Fsp3) is 0.179. The molecule has 5 aromatic rings. The number of benzene rings is 5. The predicted molar refractivity (Wildman–Crippen MR) is 189 cm³/mol. The van der Waals surface area contributed by atoms with Crippen molar-refractivity contribution in [2.45, 2.75) is 47.6 Å². The maximum atomic E-state index is 13.0. The molecule has 45 heavy (non-hydrogen) atoms. The number of rotatable bonds is 6. The lowest BCUT2D eigenvalue weighted by Crippen LogP contribution is -2.40. The van der Waals surface area contributed by atoms with Crippen molar-refractivity contribution >= 4 is 40.5 Å². The number of hydrogen-bond acceptors (Lipinski definition) is 2. The molecule has 0 aliphatic carbocycles. The topological polar surface area (TPSA) is 64.7 Å². The van der Waals surface area contributed by atoms with Crippen molar-refractivity contribution < 1.29 is 9.59 Å². The lowest BCUT2D eigenvalue weighted by atomic mass is 10.1. The van der Waals surface area contributed by atoms with Crippen molar-refractivity contribution in [1.29, 1.82) is 0 Å². The van der Waals surface area contributed by atoms with E-state index >= 15 is 0 Å². The van der Waals surface area contributed by atoms with E-state index in [9.17, 15) is 9.59 Å². The Morgan fingerprint density at radius 1 is 0.467 bits per heavy atom. The van der Waals surface area contributed by atoms with E-state index in [0.717, 1.165) is 50.7 Å². The van der Waals surface area contributed by atoms with Crippen LogP contribution in [0, 0.1) is 27.7 Å². The smallest absolute Gasteiger partial charge is 0.307 e. The van der Waals surface area contributed by atoms with Crippen molar-refractivity contribution in [1.82, 2.24) is 0 Å². The molecule has 6 heteroatoms. The fourth-order valence-electron chi connectivity index (χ4n) is 5.13. The second-order valence-electron chi connectivity index (χ2n) is 11.2. The van der Waals surface area contributed by atoms with Crippen LogP contribution in [0.3, 0.4) is 0 Å². The number of amides is 4. The third-order valence-corrected chi connectivity index (χ3v) is 7.43. The molecule has 5 rings (SSSR count). The minimum Gasteiger partial charge on any atom is -0.307 e. The van der Waals surface area contributed by atoms with Gasteiger partial charge >= 0.3 is 12.1 Å². The van der Waals surface area contributed by atoms with E-state index in [4.69, 9.17) is 0 Å². The van der Waals surface area contributed by atoms with Gasteiger partial charge < -0.3 is 10.6 Å². The van der Waals surface area contributed by atoms with Crippen molar-refractivity contribution in [3.05, 3.63) is 150 Å². The van der Waals surface area contributed by atoms with E-state index in [1.54, 1.807) is 9.80 Å². The summed E-state index contributed by atoms with van der Waals surface area (Å²) in [5.41, 5.74) is 8.54. The molecule has 0 aliphatic rings. The number of nitrogens with zero attached hydrogens (tertiary/aromatic N) is 2. The molecule has 0 unspecified atom stereocenters. The molecule has 6 nitrogen and oxygen atoms in total. The summed E-state index contributed by atoms with van der Waals surface area (Å²) < 4.78 is 0. The minimum atomic E-state index is -0.176. The Kier molecular flexibility index (Phi) is 11.1. The zero-order chi connectivity index (χ0) is 32.3. The number of carbonyl (C=O) groups excluding carboxylic acids is 2. The van der Waals surface area contributed by atoms with Crippen LogP contribution in [-0.2, 0) is 0 Å². The Balaban J connectivity index is 0.000000207. The van der Waals surface area contributed by atoms with E-state index in [1.807, 2.05) is 169 Å². The molecule has 4 amide bonds. The van der Waals surface area contributed by atoms with Crippen molar-refractivity contribution in [2.75, 3.05) is 20.4 Å². The largest absolute Gasteiger partial charge is 0.330 e. The number of para-hydroxylation sites is 5. The Bertz CT molecular complexity index is 1620. The second kappa shape index (κ2) is 15.4. The number of anilines is 5. The second-order valence-corrected chi connectivity index (χ2v) is 11.2. The molecular formula is C39H42N4O2. The highest BCUT2D eigenvalue weighted by molar-refractivity contribution is 6.07. The van der Waals surface area contributed by atoms with Gasteiger partial charge in [0.25, 0.3) is 0 Å². The summed E-state index contributed by atoms with van der Waals surface area (Å²) in [5.74, 6) is 0. The number of carbonyl (C=O) groups is 2.